The summed E-state index contributed by atoms with van der Waals surface area (Å²) in [5, 5.41) is 2.86. The van der Waals surface area contributed by atoms with E-state index in [0.717, 1.165) is 5.82 Å². The molecule has 0 bridgehead atoms. The lowest BCUT2D eigenvalue weighted by atomic mass is 9.89. The van der Waals surface area contributed by atoms with Gasteiger partial charge in [0.25, 0.3) is 0 Å². The number of ether oxygens (including phenoxy) is 1. The van der Waals surface area contributed by atoms with E-state index < -0.39 is 5.41 Å². The smallest absolute Gasteiger partial charge is 0.239 e. The van der Waals surface area contributed by atoms with Crippen molar-refractivity contribution in [3.8, 4) is 5.75 Å². The third-order valence-corrected chi connectivity index (χ3v) is 5.08. The molecule has 2 amide bonds. The van der Waals surface area contributed by atoms with Gasteiger partial charge in [0.1, 0.15) is 17.0 Å². The van der Waals surface area contributed by atoms with Gasteiger partial charge in [-0.1, -0.05) is 18.2 Å². The molecule has 154 valence electrons. The summed E-state index contributed by atoms with van der Waals surface area (Å²) in [6, 6.07) is 13.0. The Labute approximate surface area is 171 Å². The molecule has 1 aliphatic heterocycles. The molecule has 0 radical (unpaired) electrons. The first-order valence-corrected chi connectivity index (χ1v) is 9.92. The van der Waals surface area contributed by atoms with Crippen molar-refractivity contribution in [1.29, 1.82) is 0 Å². The molecule has 7 nitrogen and oxygen atoms in total. The number of carbonyl (C=O) groups excluding carboxylic acids is 2. The lowest BCUT2D eigenvalue weighted by Gasteiger charge is -2.38. The van der Waals surface area contributed by atoms with Crippen LogP contribution in [0.4, 0.5) is 11.5 Å². The van der Waals surface area contributed by atoms with Gasteiger partial charge >= 0.3 is 0 Å². The second-order valence-corrected chi connectivity index (χ2v) is 7.48. The van der Waals surface area contributed by atoms with Crippen molar-refractivity contribution in [3.05, 3.63) is 48.7 Å². The van der Waals surface area contributed by atoms with Gasteiger partial charge in [0.05, 0.1) is 12.3 Å². The molecule has 7 heteroatoms. The molecule has 0 aliphatic carbocycles. The summed E-state index contributed by atoms with van der Waals surface area (Å²) in [4.78, 5) is 34.3. The van der Waals surface area contributed by atoms with Crippen LogP contribution in [0, 0.1) is 5.41 Å². The Morgan fingerprint density at radius 1 is 1.07 bits per heavy atom. The molecule has 2 heterocycles. The molecule has 1 fully saturated rings. The fourth-order valence-electron chi connectivity index (χ4n) is 3.30. The van der Waals surface area contributed by atoms with E-state index in [0.29, 0.717) is 44.2 Å². The molecule has 0 unspecified atom stereocenters. The first-order valence-electron chi connectivity index (χ1n) is 9.92. The van der Waals surface area contributed by atoms with E-state index in [1.165, 1.54) is 0 Å². The summed E-state index contributed by atoms with van der Waals surface area (Å²) in [5.74, 6) is 0.978. The Morgan fingerprint density at radius 3 is 2.41 bits per heavy atom. The first kappa shape index (κ1) is 20.6. The molecule has 1 aromatic carbocycles. The second kappa shape index (κ2) is 8.94. The van der Waals surface area contributed by atoms with Gasteiger partial charge in [-0.2, -0.15) is 0 Å². The van der Waals surface area contributed by atoms with Gasteiger partial charge in [-0.3, -0.25) is 9.59 Å². The average molecular weight is 396 g/mol. The molecule has 1 saturated heterocycles. The van der Waals surface area contributed by atoms with Crippen LogP contribution in [-0.2, 0) is 9.59 Å². The number of piperazine rings is 1. The standard InChI is InChI=1S/C22H28N4O3/c1-4-29-18-10-6-5-9-17(18)24-20(27)22(2,3)21(28)26-15-13-25(14-16-26)19-11-7-8-12-23-19/h5-12H,4,13-16H2,1-3H3,(H,24,27). The fraction of sp³-hybridized carbons (Fsp3) is 0.409. The summed E-state index contributed by atoms with van der Waals surface area (Å²) >= 11 is 0. The number of nitrogens with one attached hydrogen (secondary N) is 1. The van der Waals surface area contributed by atoms with Gasteiger partial charge in [0.2, 0.25) is 11.8 Å². The zero-order valence-corrected chi connectivity index (χ0v) is 17.2. The molecular weight excluding hydrogens is 368 g/mol. The van der Waals surface area contributed by atoms with Crippen molar-refractivity contribution < 1.29 is 14.3 Å². The number of anilines is 2. The Morgan fingerprint density at radius 2 is 1.76 bits per heavy atom. The normalized spacial score (nSPS) is 14.4. The molecule has 29 heavy (non-hydrogen) atoms. The van der Waals surface area contributed by atoms with Crippen LogP contribution in [0.1, 0.15) is 20.8 Å². The summed E-state index contributed by atoms with van der Waals surface area (Å²) in [6.07, 6.45) is 1.76. The Bertz CT molecular complexity index is 846. The van der Waals surface area contributed by atoms with Crippen LogP contribution in [0.2, 0.25) is 0 Å². The molecule has 1 aliphatic rings. The zero-order chi connectivity index (χ0) is 20.9. The summed E-state index contributed by atoms with van der Waals surface area (Å²) in [5.41, 5.74) is -0.618. The molecule has 0 saturated carbocycles. The highest BCUT2D eigenvalue weighted by molar-refractivity contribution is 6.10. The number of rotatable bonds is 6. The monoisotopic (exact) mass is 396 g/mol. The fourth-order valence-corrected chi connectivity index (χ4v) is 3.30. The summed E-state index contributed by atoms with van der Waals surface area (Å²) in [7, 11) is 0. The van der Waals surface area contributed by atoms with Crippen molar-refractivity contribution in [2.75, 3.05) is 43.0 Å². The highest BCUT2D eigenvalue weighted by Crippen LogP contribution is 2.28. The molecule has 2 aromatic rings. The highest BCUT2D eigenvalue weighted by Gasteiger charge is 2.40. The summed E-state index contributed by atoms with van der Waals surface area (Å²) in [6.45, 7) is 8.20. The van der Waals surface area contributed by atoms with Crippen LogP contribution in [0.25, 0.3) is 0 Å². The van der Waals surface area contributed by atoms with E-state index in [1.54, 1.807) is 37.1 Å². The van der Waals surface area contributed by atoms with Crippen LogP contribution in [0.15, 0.2) is 48.7 Å². The van der Waals surface area contributed by atoms with Gasteiger partial charge in [-0.15, -0.1) is 0 Å². The third kappa shape index (κ3) is 4.67. The largest absolute Gasteiger partial charge is 0.492 e. The van der Waals surface area contributed by atoms with Crippen LogP contribution in [0.3, 0.4) is 0 Å². The first-order chi connectivity index (χ1) is 13.9. The van der Waals surface area contributed by atoms with Crippen molar-refractivity contribution >= 4 is 23.3 Å². The maximum Gasteiger partial charge on any atom is 0.239 e. The predicted octanol–water partition coefficient (Wildman–Crippen LogP) is 2.79. The zero-order valence-electron chi connectivity index (χ0n) is 17.2. The minimum atomic E-state index is -1.19. The van der Waals surface area contributed by atoms with E-state index in [-0.39, 0.29) is 11.8 Å². The number of carbonyl (C=O) groups is 2. The van der Waals surface area contributed by atoms with Crippen LogP contribution in [0.5, 0.6) is 5.75 Å². The number of hydrogen-bond acceptors (Lipinski definition) is 5. The van der Waals surface area contributed by atoms with Crippen LogP contribution >= 0.6 is 0 Å². The van der Waals surface area contributed by atoms with Gasteiger partial charge in [-0.05, 0) is 45.0 Å². The minimum absolute atomic E-state index is 0.176. The average Bonchev–Trinajstić information content (AvgIpc) is 2.75. The van der Waals surface area contributed by atoms with E-state index in [1.807, 2.05) is 37.3 Å². The second-order valence-electron chi connectivity index (χ2n) is 7.48. The molecule has 0 atom stereocenters. The predicted molar refractivity (Wildman–Crippen MR) is 113 cm³/mol. The quantitative estimate of drug-likeness (QED) is 0.760. The lowest BCUT2D eigenvalue weighted by molar-refractivity contribution is -0.146. The molecule has 1 N–H and O–H groups in total. The van der Waals surface area contributed by atoms with Crippen molar-refractivity contribution in [2.24, 2.45) is 5.41 Å². The number of pyridine rings is 1. The number of nitrogens with zero attached hydrogens (tertiary/aromatic N) is 3. The number of para-hydroxylation sites is 2. The number of benzene rings is 1. The Balaban J connectivity index is 1.63. The van der Waals surface area contributed by atoms with Crippen LogP contribution in [-0.4, -0.2) is 54.5 Å². The van der Waals surface area contributed by atoms with Crippen LogP contribution < -0.4 is 15.0 Å². The van der Waals surface area contributed by atoms with E-state index in [9.17, 15) is 9.59 Å². The molecule has 1 aromatic heterocycles. The number of hydrogen-bond donors (Lipinski definition) is 1. The van der Waals surface area contributed by atoms with E-state index in [2.05, 4.69) is 15.2 Å². The molecular formula is C22H28N4O3. The molecule has 3 rings (SSSR count). The van der Waals surface area contributed by atoms with Gasteiger partial charge in [0.15, 0.2) is 0 Å². The maximum atomic E-state index is 13.1. The van der Waals surface area contributed by atoms with Crippen molar-refractivity contribution in [1.82, 2.24) is 9.88 Å². The van der Waals surface area contributed by atoms with Gasteiger partial charge < -0.3 is 19.9 Å². The number of amides is 2. The van der Waals surface area contributed by atoms with Crippen molar-refractivity contribution in [2.45, 2.75) is 20.8 Å². The SMILES string of the molecule is CCOc1ccccc1NC(=O)C(C)(C)C(=O)N1CCN(c2ccccn2)CC1. The van der Waals surface area contributed by atoms with Gasteiger partial charge in [-0.25, -0.2) is 4.98 Å². The lowest BCUT2D eigenvalue weighted by Crippen LogP contribution is -2.54. The number of aromatic nitrogens is 1. The topological polar surface area (TPSA) is 74.8 Å². The maximum absolute atomic E-state index is 13.1. The Hall–Kier alpha value is -3.09. The minimum Gasteiger partial charge on any atom is -0.492 e. The van der Waals surface area contributed by atoms with Crippen molar-refractivity contribution in [3.63, 3.8) is 0 Å². The van der Waals surface area contributed by atoms with E-state index >= 15 is 0 Å². The molecule has 0 spiro atoms. The third-order valence-electron chi connectivity index (χ3n) is 5.08. The van der Waals surface area contributed by atoms with Gasteiger partial charge in [0, 0.05) is 32.4 Å². The Kier molecular flexibility index (Phi) is 6.36. The summed E-state index contributed by atoms with van der Waals surface area (Å²) < 4.78 is 5.56. The highest BCUT2D eigenvalue weighted by atomic mass is 16.5. The van der Waals surface area contributed by atoms with E-state index in [4.69, 9.17) is 4.74 Å².